The number of methoxy groups -OCH3 is 1. The van der Waals surface area contributed by atoms with E-state index in [1.807, 2.05) is 42.5 Å². The largest absolute Gasteiger partial charge is 0.497 e. The van der Waals surface area contributed by atoms with E-state index in [9.17, 15) is 9.59 Å². The minimum atomic E-state index is -0.459. The number of ether oxygens (including phenoxy) is 2. The minimum absolute atomic E-state index is 0.0885. The third-order valence-electron chi connectivity index (χ3n) is 5.83. The summed E-state index contributed by atoms with van der Waals surface area (Å²) in [6.07, 6.45) is 0.148. The van der Waals surface area contributed by atoms with Crippen molar-refractivity contribution in [2.45, 2.75) is 13.0 Å². The Balaban J connectivity index is 1.17. The van der Waals surface area contributed by atoms with Crippen LogP contribution in [0.1, 0.15) is 12.3 Å². The lowest BCUT2D eigenvalue weighted by molar-refractivity contribution is -0.122. The summed E-state index contributed by atoms with van der Waals surface area (Å²) in [5, 5.41) is 11.0. The predicted octanol–water partition coefficient (Wildman–Crippen LogP) is 4.32. The molecule has 182 valence electrons. The molecule has 9 heteroatoms. The van der Waals surface area contributed by atoms with Gasteiger partial charge in [0.25, 0.3) is 5.89 Å². The Morgan fingerprint density at radius 2 is 1.83 bits per heavy atom. The average molecular weight is 485 g/mol. The van der Waals surface area contributed by atoms with Gasteiger partial charge >= 0.3 is 0 Å². The molecule has 0 aliphatic carbocycles. The minimum Gasteiger partial charge on any atom is -0.497 e. The van der Waals surface area contributed by atoms with Crippen molar-refractivity contribution >= 4 is 23.2 Å². The molecule has 0 saturated carbocycles. The maximum atomic E-state index is 12.9. The number of carbonyl (C=O) groups excluding carboxylic acids is 2. The molecule has 1 aromatic heterocycles. The van der Waals surface area contributed by atoms with Crippen molar-refractivity contribution in [1.82, 2.24) is 10.2 Å². The zero-order valence-corrected chi connectivity index (χ0v) is 19.6. The van der Waals surface area contributed by atoms with Crippen LogP contribution in [0.2, 0.25) is 0 Å². The zero-order chi connectivity index (χ0) is 24.9. The Labute approximate surface area is 207 Å². The van der Waals surface area contributed by atoms with Gasteiger partial charge in [0.2, 0.25) is 17.7 Å². The number of hydrogen-bond donors (Lipinski definition) is 1. The summed E-state index contributed by atoms with van der Waals surface area (Å²) in [5.41, 5.74) is 2.14. The van der Waals surface area contributed by atoms with Gasteiger partial charge in [-0.3, -0.25) is 9.59 Å². The lowest BCUT2D eigenvalue weighted by Crippen LogP contribution is -2.28. The van der Waals surface area contributed by atoms with Crippen LogP contribution in [-0.4, -0.2) is 35.7 Å². The number of rotatable bonds is 8. The van der Waals surface area contributed by atoms with Crippen LogP contribution in [0.5, 0.6) is 11.5 Å². The van der Waals surface area contributed by atoms with Crippen LogP contribution in [0.15, 0.2) is 83.3 Å². The van der Waals surface area contributed by atoms with Gasteiger partial charge in [-0.2, -0.15) is 0 Å². The number of nitrogens with one attached hydrogen (secondary N) is 1. The summed E-state index contributed by atoms with van der Waals surface area (Å²) in [5.74, 6) is 1.23. The van der Waals surface area contributed by atoms with E-state index in [-0.39, 0.29) is 24.8 Å². The summed E-state index contributed by atoms with van der Waals surface area (Å²) in [7, 11) is 1.59. The highest BCUT2D eigenvalue weighted by molar-refractivity contribution is 6.03. The van der Waals surface area contributed by atoms with Gasteiger partial charge in [0, 0.05) is 36.0 Å². The van der Waals surface area contributed by atoms with Gasteiger partial charge in [-0.25, -0.2) is 0 Å². The second kappa shape index (κ2) is 10.3. The SMILES string of the molecule is COc1ccc(N2C[C@@H](C(=O)Nc3cccc(OCc4nnc(-c5ccccc5)o4)c3)CC2=O)cc1. The molecule has 0 spiro atoms. The maximum absolute atomic E-state index is 12.9. The quantitative estimate of drug-likeness (QED) is 0.397. The van der Waals surface area contributed by atoms with E-state index in [0.29, 0.717) is 35.5 Å². The van der Waals surface area contributed by atoms with Crippen LogP contribution in [0.25, 0.3) is 11.5 Å². The molecule has 1 aliphatic heterocycles. The molecule has 4 aromatic rings. The van der Waals surface area contributed by atoms with E-state index >= 15 is 0 Å². The number of nitrogens with zero attached hydrogens (tertiary/aromatic N) is 3. The van der Waals surface area contributed by atoms with Gasteiger partial charge in [0.15, 0.2) is 6.61 Å². The molecule has 0 radical (unpaired) electrons. The molecule has 0 unspecified atom stereocenters. The normalized spacial score (nSPS) is 15.1. The van der Waals surface area contributed by atoms with Gasteiger partial charge in [-0.1, -0.05) is 24.3 Å². The molecular weight excluding hydrogens is 460 g/mol. The number of aromatic nitrogens is 2. The number of anilines is 2. The van der Waals surface area contributed by atoms with Crippen molar-refractivity contribution in [2.75, 3.05) is 23.9 Å². The molecule has 1 fully saturated rings. The standard InChI is InChI=1S/C27H24N4O5/c1-34-22-12-10-21(11-13-22)31-16-19(14-25(31)32)26(33)28-20-8-5-9-23(15-20)35-17-24-29-30-27(36-24)18-6-3-2-4-7-18/h2-13,15,19H,14,16-17H2,1H3,(H,28,33)/t19-/m0/s1. The molecule has 1 N–H and O–H groups in total. The van der Waals surface area contributed by atoms with Crippen molar-refractivity contribution in [2.24, 2.45) is 5.92 Å². The van der Waals surface area contributed by atoms with Crippen molar-refractivity contribution < 1.29 is 23.5 Å². The third-order valence-corrected chi connectivity index (χ3v) is 5.83. The fourth-order valence-electron chi connectivity index (χ4n) is 3.96. The van der Waals surface area contributed by atoms with Crippen molar-refractivity contribution in [3.05, 3.63) is 84.8 Å². The molecule has 36 heavy (non-hydrogen) atoms. The molecule has 1 saturated heterocycles. The number of carbonyl (C=O) groups is 2. The summed E-state index contributed by atoms with van der Waals surface area (Å²) in [6.45, 7) is 0.402. The maximum Gasteiger partial charge on any atom is 0.254 e. The fourth-order valence-corrected chi connectivity index (χ4v) is 3.96. The topological polar surface area (TPSA) is 107 Å². The third kappa shape index (κ3) is 5.20. The smallest absolute Gasteiger partial charge is 0.254 e. The Morgan fingerprint density at radius 3 is 2.61 bits per heavy atom. The van der Waals surface area contributed by atoms with Crippen LogP contribution < -0.4 is 19.7 Å². The van der Waals surface area contributed by atoms with Gasteiger partial charge < -0.3 is 24.1 Å². The molecule has 9 nitrogen and oxygen atoms in total. The monoisotopic (exact) mass is 484 g/mol. The van der Waals surface area contributed by atoms with Gasteiger partial charge in [-0.05, 0) is 48.5 Å². The molecule has 2 amide bonds. The Morgan fingerprint density at radius 1 is 1.03 bits per heavy atom. The first-order valence-corrected chi connectivity index (χ1v) is 11.4. The van der Waals surface area contributed by atoms with Crippen molar-refractivity contribution in [3.63, 3.8) is 0 Å². The summed E-state index contributed by atoms with van der Waals surface area (Å²) in [6, 6.07) is 23.7. The second-order valence-electron chi connectivity index (χ2n) is 8.28. The van der Waals surface area contributed by atoms with E-state index in [4.69, 9.17) is 13.9 Å². The van der Waals surface area contributed by atoms with Gasteiger partial charge in [0.05, 0.1) is 13.0 Å². The van der Waals surface area contributed by atoms with Crippen molar-refractivity contribution in [3.8, 4) is 23.0 Å². The highest BCUT2D eigenvalue weighted by Crippen LogP contribution is 2.28. The number of hydrogen-bond acceptors (Lipinski definition) is 7. The first kappa shape index (κ1) is 23.1. The molecular formula is C27H24N4O5. The van der Waals surface area contributed by atoms with Crippen LogP contribution in [0, 0.1) is 5.92 Å². The first-order valence-electron chi connectivity index (χ1n) is 11.4. The lowest BCUT2D eigenvalue weighted by atomic mass is 10.1. The summed E-state index contributed by atoms with van der Waals surface area (Å²) >= 11 is 0. The first-order chi connectivity index (χ1) is 17.6. The highest BCUT2D eigenvalue weighted by Gasteiger charge is 2.35. The van der Waals surface area contributed by atoms with E-state index in [2.05, 4.69) is 15.5 Å². The highest BCUT2D eigenvalue weighted by atomic mass is 16.5. The van der Waals surface area contributed by atoms with Crippen LogP contribution in [0.4, 0.5) is 11.4 Å². The van der Waals surface area contributed by atoms with E-state index in [1.54, 1.807) is 48.4 Å². The van der Waals surface area contributed by atoms with E-state index in [0.717, 1.165) is 11.3 Å². The molecule has 2 heterocycles. The zero-order valence-electron chi connectivity index (χ0n) is 19.6. The molecule has 1 aliphatic rings. The van der Waals surface area contributed by atoms with Gasteiger partial charge in [-0.15, -0.1) is 10.2 Å². The Bertz CT molecular complexity index is 1350. The number of benzene rings is 3. The fraction of sp³-hybridized carbons (Fsp3) is 0.185. The van der Waals surface area contributed by atoms with Crippen LogP contribution in [0.3, 0.4) is 0 Å². The van der Waals surface area contributed by atoms with Crippen LogP contribution >= 0.6 is 0 Å². The van der Waals surface area contributed by atoms with Crippen molar-refractivity contribution in [1.29, 1.82) is 0 Å². The molecule has 5 rings (SSSR count). The van der Waals surface area contributed by atoms with E-state index in [1.165, 1.54) is 0 Å². The summed E-state index contributed by atoms with van der Waals surface area (Å²) in [4.78, 5) is 27.0. The molecule has 0 bridgehead atoms. The van der Waals surface area contributed by atoms with Crippen LogP contribution in [-0.2, 0) is 16.2 Å². The summed E-state index contributed by atoms with van der Waals surface area (Å²) < 4.78 is 16.6. The predicted molar refractivity (Wildman–Crippen MR) is 133 cm³/mol. The molecule has 1 atom stereocenters. The van der Waals surface area contributed by atoms with E-state index < -0.39 is 5.92 Å². The molecule has 3 aromatic carbocycles. The Hall–Kier alpha value is -4.66. The lowest BCUT2D eigenvalue weighted by Gasteiger charge is -2.17. The Kier molecular flexibility index (Phi) is 6.61. The van der Waals surface area contributed by atoms with Gasteiger partial charge in [0.1, 0.15) is 11.5 Å². The average Bonchev–Trinajstić information content (AvgIpc) is 3.55. The second-order valence-corrected chi connectivity index (χ2v) is 8.28. The number of amides is 2.